The first-order chi connectivity index (χ1) is 19.4. The molecule has 2 aliphatic heterocycles. The Labute approximate surface area is 243 Å². The molecule has 3 heterocycles. The van der Waals surface area contributed by atoms with Crippen LogP contribution in [0.2, 0.25) is 5.02 Å². The van der Waals surface area contributed by atoms with Crippen molar-refractivity contribution in [3.05, 3.63) is 86.6 Å². The average Bonchev–Trinajstić information content (AvgIpc) is 3.66. The smallest absolute Gasteiger partial charge is 0.255 e. The molecule has 4 N–H and O–H groups in total. The molecule has 8 nitrogen and oxygen atoms in total. The van der Waals surface area contributed by atoms with E-state index in [-0.39, 0.29) is 12.6 Å². The summed E-state index contributed by atoms with van der Waals surface area (Å²) in [5.41, 5.74) is 4.20. The van der Waals surface area contributed by atoms with Crippen LogP contribution in [-0.2, 0) is 22.6 Å². The fourth-order valence-electron chi connectivity index (χ4n) is 5.43. The standard InChI is InChI=1S/C30H35ClN4O4S/c31-25-8-2-1-5-21(25)15-20-16-24(40-19-20)18-33-29(38)27(36)28(37)30(39)35-12-4-9-26(35)22-6-3-7-23(17-22)34-13-10-32-11-14-34/h1-3,5-8,16-17,19,26-28,32,36-37H,4,9-15,18H2,(H,33,38)/t26-,27-,28-/m1/s1. The number of rotatable bonds is 9. The summed E-state index contributed by atoms with van der Waals surface area (Å²) in [6.45, 7) is 4.36. The molecule has 2 aliphatic rings. The van der Waals surface area contributed by atoms with Crippen LogP contribution in [0.5, 0.6) is 0 Å². The highest BCUT2D eigenvalue weighted by Gasteiger charge is 2.38. The molecule has 2 fully saturated rings. The first-order valence-electron chi connectivity index (χ1n) is 13.7. The summed E-state index contributed by atoms with van der Waals surface area (Å²) in [4.78, 5) is 30.7. The summed E-state index contributed by atoms with van der Waals surface area (Å²) in [7, 11) is 0. The number of carbonyl (C=O) groups is 2. The number of aliphatic hydroxyl groups is 2. The third kappa shape index (κ3) is 6.67. The molecule has 40 heavy (non-hydrogen) atoms. The number of aliphatic hydroxyl groups excluding tert-OH is 2. The van der Waals surface area contributed by atoms with E-state index in [2.05, 4.69) is 27.7 Å². The normalized spacial score (nSPS) is 18.9. The van der Waals surface area contributed by atoms with E-state index in [1.807, 2.05) is 47.8 Å². The van der Waals surface area contributed by atoms with Crippen LogP contribution in [0.4, 0.5) is 5.69 Å². The minimum absolute atomic E-state index is 0.190. The molecule has 0 radical (unpaired) electrons. The zero-order chi connectivity index (χ0) is 28.1. The van der Waals surface area contributed by atoms with Crippen LogP contribution in [0.3, 0.4) is 0 Å². The van der Waals surface area contributed by atoms with Crippen molar-refractivity contribution in [3.8, 4) is 0 Å². The van der Waals surface area contributed by atoms with Crippen molar-refractivity contribution < 1.29 is 19.8 Å². The fraction of sp³-hybridized carbons (Fsp3) is 0.400. The van der Waals surface area contributed by atoms with Gasteiger partial charge in [-0.3, -0.25) is 9.59 Å². The Hall–Kier alpha value is -2.95. The van der Waals surface area contributed by atoms with Crippen molar-refractivity contribution in [2.75, 3.05) is 37.6 Å². The lowest BCUT2D eigenvalue weighted by Gasteiger charge is -2.32. The SMILES string of the molecule is O=C(NCc1cc(Cc2ccccc2Cl)cs1)[C@H](O)[C@@H](O)C(=O)N1CCC[C@@H]1c1cccc(N2CCNCC2)c1. The van der Waals surface area contributed by atoms with Gasteiger partial charge < -0.3 is 30.6 Å². The monoisotopic (exact) mass is 582 g/mol. The molecule has 212 valence electrons. The van der Waals surface area contributed by atoms with Gasteiger partial charge in [-0.05, 0) is 65.6 Å². The molecule has 5 rings (SSSR count). The highest BCUT2D eigenvalue weighted by atomic mass is 35.5. The third-order valence-electron chi connectivity index (χ3n) is 7.59. The van der Waals surface area contributed by atoms with Gasteiger partial charge in [0.2, 0.25) is 0 Å². The molecule has 0 spiro atoms. The van der Waals surface area contributed by atoms with E-state index in [0.717, 1.165) is 66.3 Å². The first-order valence-corrected chi connectivity index (χ1v) is 15.0. The van der Waals surface area contributed by atoms with Gasteiger partial charge in [0.25, 0.3) is 11.8 Å². The lowest BCUT2D eigenvalue weighted by molar-refractivity contribution is -0.153. The van der Waals surface area contributed by atoms with E-state index >= 15 is 0 Å². The van der Waals surface area contributed by atoms with Crippen molar-refractivity contribution in [3.63, 3.8) is 0 Å². The molecule has 0 aliphatic carbocycles. The van der Waals surface area contributed by atoms with E-state index < -0.39 is 24.0 Å². The molecule has 0 bridgehead atoms. The fourth-order valence-corrected chi connectivity index (χ4v) is 6.46. The molecule has 2 amide bonds. The maximum absolute atomic E-state index is 13.2. The topological polar surface area (TPSA) is 105 Å². The van der Waals surface area contributed by atoms with Crippen molar-refractivity contribution >= 4 is 40.4 Å². The second-order valence-corrected chi connectivity index (χ2v) is 11.7. The molecule has 10 heteroatoms. The van der Waals surface area contributed by atoms with Crippen LogP contribution in [0.25, 0.3) is 0 Å². The molecule has 0 unspecified atom stereocenters. The van der Waals surface area contributed by atoms with Crippen LogP contribution in [0.1, 0.15) is 40.5 Å². The van der Waals surface area contributed by atoms with Gasteiger partial charge in [0, 0.05) is 48.3 Å². The van der Waals surface area contributed by atoms with E-state index in [1.54, 1.807) is 4.90 Å². The van der Waals surface area contributed by atoms with Gasteiger partial charge in [-0.15, -0.1) is 11.3 Å². The van der Waals surface area contributed by atoms with Gasteiger partial charge in [-0.25, -0.2) is 0 Å². The summed E-state index contributed by atoms with van der Waals surface area (Å²) >= 11 is 7.75. The van der Waals surface area contributed by atoms with E-state index in [0.29, 0.717) is 18.0 Å². The molecule has 0 saturated carbocycles. The zero-order valence-electron chi connectivity index (χ0n) is 22.3. The van der Waals surface area contributed by atoms with Crippen LogP contribution < -0.4 is 15.5 Å². The summed E-state index contributed by atoms with van der Waals surface area (Å²) in [5, 5.41) is 30.0. The highest BCUT2D eigenvalue weighted by molar-refractivity contribution is 7.10. The number of benzene rings is 2. The Morgan fingerprint density at radius 1 is 1.05 bits per heavy atom. The third-order valence-corrected chi connectivity index (χ3v) is 8.95. The average molecular weight is 583 g/mol. The van der Waals surface area contributed by atoms with Crippen molar-refractivity contribution in [2.45, 2.75) is 44.1 Å². The van der Waals surface area contributed by atoms with Gasteiger partial charge in [-0.2, -0.15) is 0 Å². The number of halogens is 1. The quantitative estimate of drug-likeness (QED) is 0.309. The molecule has 3 aromatic rings. The second-order valence-electron chi connectivity index (χ2n) is 10.3. The van der Waals surface area contributed by atoms with Crippen molar-refractivity contribution in [2.24, 2.45) is 0 Å². The van der Waals surface area contributed by atoms with Crippen molar-refractivity contribution in [1.29, 1.82) is 0 Å². The number of hydrogen-bond donors (Lipinski definition) is 4. The summed E-state index contributed by atoms with van der Waals surface area (Å²) < 4.78 is 0. The van der Waals surface area contributed by atoms with Gasteiger partial charge in [0.05, 0.1) is 12.6 Å². The Balaban J connectivity index is 1.17. The number of nitrogens with zero attached hydrogens (tertiary/aromatic N) is 2. The van der Waals surface area contributed by atoms with E-state index in [4.69, 9.17) is 11.6 Å². The predicted molar refractivity (Wildman–Crippen MR) is 158 cm³/mol. The molecule has 2 saturated heterocycles. The number of piperazine rings is 1. The van der Waals surface area contributed by atoms with E-state index in [9.17, 15) is 19.8 Å². The minimum Gasteiger partial charge on any atom is -0.380 e. The largest absolute Gasteiger partial charge is 0.380 e. The number of carbonyl (C=O) groups excluding carboxylic acids is 2. The van der Waals surface area contributed by atoms with Crippen LogP contribution in [0, 0.1) is 0 Å². The van der Waals surface area contributed by atoms with Crippen LogP contribution in [0.15, 0.2) is 60.0 Å². The second kappa shape index (κ2) is 13.1. The van der Waals surface area contributed by atoms with Crippen molar-refractivity contribution in [1.82, 2.24) is 15.5 Å². The number of anilines is 1. The minimum atomic E-state index is -1.86. The summed E-state index contributed by atoms with van der Waals surface area (Å²) in [6, 6.07) is 17.6. The van der Waals surface area contributed by atoms with Crippen LogP contribution in [-0.4, -0.2) is 71.9 Å². The Bertz CT molecular complexity index is 1330. The highest BCUT2D eigenvalue weighted by Crippen LogP contribution is 2.34. The van der Waals surface area contributed by atoms with Gasteiger partial charge >= 0.3 is 0 Å². The van der Waals surface area contributed by atoms with E-state index in [1.165, 1.54) is 11.3 Å². The number of likely N-dealkylation sites (tertiary alicyclic amines) is 1. The first kappa shape index (κ1) is 28.6. The molecular formula is C30H35ClN4O4S. The van der Waals surface area contributed by atoms with Crippen LogP contribution >= 0.6 is 22.9 Å². The number of nitrogens with one attached hydrogen (secondary N) is 2. The Morgan fingerprint density at radius 2 is 1.85 bits per heavy atom. The maximum atomic E-state index is 13.2. The van der Waals surface area contributed by atoms with Gasteiger partial charge in [-0.1, -0.05) is 41.9 Å². The Morgan fingerprint density at radius 3 is 2.65 bits per heavy atom. The zero-order valence-corrected chi connectivity index (χ0v) is 23.8. The molecule has 1 aromatic heterocycles. The lowest BCUT2D eigenvalue weighted by atomic mass is 10.0. The molecule has 3 atom stereocenters. The molecular weight excluding hydrogens is 548 g/mol. The van der Waals surface area contributed by atoms with Gasteiger partial charge in [0.1, 0.15) is 0 Å². The molecule has 2 aromatic carbocycles. The predicted octanol–water partition coefficient (Wildman–Crippen LogP) is 3.10. The van der Waals surface area contributed by atoms with Gasteiger partial charge in [0.15, 0.2) is 12.2 Å². The lowest BCUT2D eigenvalue weighted by Crippen LogP contribution is -2.50. The Kier molecular flexibility index (Phi) is 9.39. The number of hydrogen-bond acceptors (Lipinski definition) is 7. The number of thiophene rings is 1. The maximum Gasteiger partial charge on any atom is 0.255 e. The summed E-state index contributed by atoms with van der Waals surface area (Å²) in [5.74, 6) is -1.41. The summed E-state index contributed by atoms with van der Waals surface area (Å²) in [6.07, 6.45) is -1.46. The number of amides is 2.